The molecule has 0 N–H and O–H groups in total. The normalized spacial score (nSPS) is 9.50. The van der Waals surface area contributed by atoms with Crippen LogP contribution in [-0.2, 0) is 0 Å². The maximum Gasteiger partial charge on any atom is 0.226 e. The SMILES string of the molecule is C#CCN(CCC)c1ncc(Br)cn1. The number of nitrogens with zero attached hydrogens (tertiary/aromatic N) is 3. The number of hydrogen-bond donors (Lipinski definition) is 0. The molecule has 3 nitrogen and oxygen atoms in total. The van der Waals surface area contributed by atoms with Crippen molar-refractivity contribution >= 4 is 21.9 Å². The van der Waals surface area contributed by atoms with Crippen LogP contribution >= 0.6 is 15.9 Å². The van der Waals surface area contributed by atoms with Gasteiger partial charge in [0.2, 0.25) is 5.95 Å². The molecule has 1 aromatic heterocycles. The summed E-state index contributed by atoms with van der Waals surface area (Å²) in [5, 5.41) is 0. The van der Waals surface area contributed by atoms with Gasteiger partial charge in [-0.25, -0.2) is 9.97 Å². The molecule has 1 heterocycles. The van der Waals surface area contributed by atoms with Gasteiger partial charge < -0.3 is 4.90 Å². The van der Waals surface area contributed by atoms with Crippen LogP contribution in [0, 0.1) is 12.3 Å². The largest absolute Gasteiger partial charge is 0.330 e. The number of anilines is 1. The number of hydrogen-bond acceptors (Lipinski definition) is 3. The van der Waals surface area contributed by atoms with Crippen LogP contribution in [0.2, 0.25) is 0 Å². The molecular formula is C10H12BrN3. The first-order valence-corrected chi connectivity index (χ1v) is 5.23. The second-order valence-electron chi connectivity index (χ2n) is 2.83. The fraction of sp³-hybridized carbons (Fsp3) is 0.400. The summed E-state index contributed by atoms with van der Waals surface area (Å²) in [5.41, 5.74) is 0. The molecule has 0 aliphatic heterocycles. The van der Waals surface area contributed by atoms with Gasteiger partial charge in [0.25, 0.3) is 0 Å². The molecule has 74 valence electrons. The highest BCUT2D eigenvalue weighted by Gasteiger charge is 2.05. The zero-order valence-corrected chi connectivity index (χ0v) is 9.66. The molecule has 0 unspecified atom stereocenters. The zero-order valence-electron chi connectivity index (χ0n) is 8.07. The first-order valence-electron chi connectivity index (χ1n) is 4.44. The molecular weight excluding hydrogens is 242 g/mol. The number of terminal acetylenes is 1. The summed E-state index contributed by atoms with van der Waals surface area (Å²) in [5.74, 6) is 3.29. The molecule has 0 amide bonds. The van der Waals surface area contributed by atoms with Crippen molar-refractivity contribution in [2.75, 3.05) is 18.0 Å². The summed E-state index contributed by atoms with van der Waals surface area (Å²) >= 11 is 3.29. The van der Waals surface area contributed by atoms with Crippen LogP contribution in [0.25, 0.3) is 0 Å². The molecule has 0 aliphatic rings. The summed E-state index contributed by atoms with van der Waals surface area (Å²) in [7, 11) is 0. The maximum atomic E-state index is 5.27. The molecule has 4 heteroatoms. The van der Waals surface area contributed by atoms with Crippen molar-refractivity contribution in [1.82, 2.24) is 9.97 Å². The topological polar surface area (TPSA) is 29.0 Å². The third-order valence-corrected chi connectivity index (χ3v) is 2.07. The van der Waals surface area contributed by atoms with Gasteiger partial charge in [0.15, 0.2) is 0 Å². The van der Waals surface area contributed by atoms with E-state index in [1.54, 1.807) is 12.4 Å². The van der Waals surface area contributed by atoms with E-state index in [-0.39, 0.29) is 0 Å². The first kappa shape index (κ1) is 11.0. The standard InChI is InChI=1S/C10H12BrN3/c1-3-5-14(6-4-2)10-12-7-9(11)8-13-10/h1,7-8H,4-6H2,2H3. The van der Waals surface area contributed by atoms with Gasteiger partial charge in [-0.1, -0.05) is 12.8 Å². The molecule has 0 fully saturated rings. The summed E-state index contributed by atoms with van der Waals surface area (Å²) in [6, 6.07) is 0. The molecule has 0 aromatic carbocycles. The maximum absolute atomic E-state index is 5.27. The van der Waals surface area contributed by atoms with Crippen LogP contribution in [0.3, 0.4) is 0 Å². The van der Waals surface area contributed by atoms with Gasteiger partial charge in [0, 0.05) is 18.9 Å². The minimum atomic E-state index is 0.551. The van der Waals surface area contributed by atoms with Crippen molar-refractivity contribution in [2.24, 2.45) is 0 Å². The van der Waals surface area contributed by atoms with Crippen molar-refractivity contribution in [1.29, 1.82) is 0 Å². The summed E-state index contributed by atoms with van der Waals surface area (Å²) < 4.78 is 0.874. The minimum Gasteiger partial charge on any atom is -0.330 e. The number of rotatable bonds is 4. The second-order valence-corrected chi connectivity index (χ2v) is 3.74. The van der Waals surface area contributed by atoms with Crippen molar-refractivity contribution in [3.8, 4) is 12.3 Å². The Morgan fingerprint density at radius 1 is 1.50 bits per heavy atom. The lowest BCUT2D eigenvalue weighted by Gasteiger charge is -2.18. The van der Waals surface area contributed by atoms with E-state index in [1.165, 1.54) is 0 Å². The molecule has 0 radical (unpaired) electrons. The highest BCUT2D eigenvalue weighted by molar-refractivity contribution is 9.10. The molecule has 0 atom stereocenters. The Hall–Kier alpha value is -1.08. The van der Waals surface area contributed by atoms with E-state index in [4.69, 9.17) is 6.42 Å². The summed E-state index contributed by atoms with van der Waals surface area (Å²) in [6.45, 7) is 3.53. The van der Waals surface area contributed by atoms with E-state index in [0.717, 1.165) is 17.4 Å². The lowest BCUT2D eigenvalue weighted by molar-refractivity contribution is 0.790. The van der Waals surface area contributed by atoms with Gasteiger partial charge in [0.05, 0.1) is 11.0 Å². The monoisotopic (exact) mass is 253 g/mol. The Morgan fingerprint density at radius 2 is 2.14 bits per heavy atom. The molecule has 1 aromatic rings. The van der Waals surface area contributed by atoms with E-state index in [2.05, 4.69) is 38.7 Å². The third-order valence-electron chi connectivity index (χ3n) is 1.67. The lowest BCUT2D eigenvalue weighted by Crippen LogP contribution is -2.26. The highest BCUT2D eigenvalue weighted by Crippen LogP contribution is 2.10. The molecule has 14 heavy (non-hydrogen) atoms. The summed E-state index contributed by atoms with van der Waals surface area (Å²) in [6.07, 6.45) is 9.75. The Bertz CT molecular complexity index is 315. The predicted octanol–water partition coefficient (Wildman–Crippen LogP) is 2.09. The van der Waals surface area contributed by atoms with E-state index in [9.17, 15) is 0 Å². The Labute approximate surface area is 92.7 Å². The molecule has 0 bridgehead atoms. The number of halogens is 1. The van der Waals surface area contributed by atoms with Crippen LogP contribution in [-0.4, -0.2) is 23.1 Å². The summed E-state index contributed by atoms with van der Waals surface area (Å²) in [4.78, 5) is 10.4. The van der Waals surface area contributed by atoms with Crippen LogP contribution in [0.4, 0.5) is 5.95 Å². The predicted molar refractivity (Wildman–Crippen MR) is 61.1 cm³/mol. The van der Waals surface area contributed by atoms with Gasteiger partial charge in [-0.15, -0.1) is 6.42 Å². The van der Waals surface area contributed by atoms with Gasteiger partial charge in [-0.2, -0.15) is 0 Å². The highest BCUT2D eigenvalue weighted by atomic mass is 79.9. The van der Waals surface area contributed by atoms with Crippen LogP contribution in [0.1, 0.15) is 13.3 Å². The van der Waals surface area contributed by atoms with E-state index >= 15 is 0 Å². The zero-order chi connectivity index (χ0) is 10.4. The van der Waals surface area contributed by atoms with Gasteiger partial charge in [-0.05, 0) is 22.4 Å². The average molecular weight is 254 g/mol. The number of aromatic nitrogens is 2. The first-order chi connectivity index (χ1) is 6.77. The fourth-order valence-corrected chi connectivity index (χ4v) is 1.30. The van der Waals surface area contributed by atoms with E-state index in [1.807, 2.05) is 4.90 Å². The molecule has 1 rings (SSSR count). The Balaban J connectivity index is 2.77. The van der Waals surface area contributed by atoms with Gasteiger partial charge in [-0.3, -0.25) is 0 Å². The molecule has 0 aliphatic carbocycles. The van der Waals surface area contributed by atoms with E-state index in [0.29, 0.717) is 12.5 Å². The average Bonchev–Trinajstić information content (AvgIpc) is 2.19. The molecule has 0 spiro atoms. The van der Waals surface area contributed by atoms with Crippen LogP contribution < -0.4 is 4.90 Å². The second kappa shape index (κ2) is 5.61. The van der Waals surface area contributed by atoms with Crippen molar-refractivity contribution in [3.05, 3.63) is 16.9 Å². The smallest absolute Gasteiger partial charge is 0.226 e. The third kappa shape index (κ3) is 3.00. The van der Waals surface area contributed by atoms with Crippen LogP contribution in [0.5, 0.6) is 0 Å². The Morgan fingerprint density at radius 3 is 2.64 bits per heavy atom. The van der Waals surface area contributed by atoms with E-state index < -0.39 is 0 Å². The van der Waals surface area contributed by atoms with Crippen LogP contribution in [0.15, 0.2) is 16.9 Å². The van der Waals surface area contributed by atoms with Crippen molar-refractivity contribution in [3.63, 3.8) is 0 Å². The fourth-order valence-electron chi connectivity index (χ4n) is 1.10. The van der Waals surface area contributed by atoms with Crippen molar-refractivity contribution < 1.29 is 0 Å². The quantitative estimate of drug-likeness (QED) is 0.770. The molecule has 0 saturated carbocycles. The lowest BCUT2D eigenvalue weighted by atomic mass is 10.4. The minimum absolute atomic E-state index is 0.551. The van der Waals surface area contributed by atoms with Gasteiger partial charge in [0.1, 0.15) is 0 Å². The Kier molecular flexibility index (Phi) is 4.41. The molecule has 0 saturated heterocycles. The van der Waals surface area contributed by atoms with Crippen molar-refractivity contribution in [2.45, 2.75) is 13.3 Å². The van der Waals surface area contributed by atoms with Gasteiger partial charge >= 0.3 is 0 Å².